The van der Waals surface area contributed by atoms with Gasteiger partial charge in [-0.05, 0) is 42.8 Å². The van der Waals surface area contributed by atoms with Gasteiger partial charge >= 0.3 is 0 Å². The zero-order valence-electron chi connectivity index (χ0n) is 14.7. The van der Waals surface area contributed by atoms with Crippen LogP contribution in [0.3, 0.4) is 0 Å². The molecule has 0 aliphatic heterocycles. The van der Waals surface area contributed by atoms with Gasteiger partial charge in [-0.2, -0.15) is 14.3 Å². The third kappa shape index (κ3) is 2.93. The SMILES string of the molecule is Cc1ccc(Sn2ncc3cc(-c4cc(F)c5nn(C)cc5c4)sc32)cc1. The monoisotopic (exact) mass is 394 g/mol. The van der Waals surface area contributed by atoms with Gasteiger partial charge < -0.3 is 0 Å². The lowest BCUT2D eigenvalue weighted by Gasteiger charge is -2.02. The van der Waals surface area contributed by atoms with Crippen LogP contribution in [0.2, 0.25) is 0 Å². The van der Waals surface area contributed by atoms with Crippen molar-refractivity contribution in [2.45, 2.75) is 11.8 Å². The van der Waals surface area contributed by atoms with Crippen LogP contribution in [0.15, 0.2) is 59.8 Å². The molecule has 0 fully saturated rings. The Kier molecular flexibility index (Phi) is 3.80. The van der Waals surface area contributed by atoms with Gasteiger partial charge in [-0.3, -0.25) is 4.68 Å². The summed E-state index contributed by atoms with van der Waals surface area (Å²) in [6.45, 7) is 2.07. The first-order valence-corrected chi connectivity index (χ1v) is 10.0. The van der Waals surface area contributed by atoms with Gasteiger partial charge in [0.15, 0.2) is 5.82 Å². The van der Waals surface area contributed by atoms with E-state index in [1.807, 2.05) is 22.5 Å². The van der Waals surface area contributed by atoms with E-state index in [2.05, 4.69) is 47.5 Å². The number of hydrogen-bond acceptors (Lipinski definition) is 4. The lowest BCUT2D eigenvalue weighted by Crippen LogP contribution is -1.87. The van der Waals surface area contributed by atoms with Crippen LogP contribution in [0, 0.1) is 12.7 Å². The largest absolute Gasteiger partial charge is 0.274 e. The molecule has 0 spiro atoms. The lowest BCUT2D eigenvalue weighted by molar-refractivity contribution is 0.633. The Bertz CT molecular complexity index is 1280. The van der Waals surface area contributed by atoms with Crippen LogP contribution in [0.1, 0.15) is 5.56 Å². The number of nitrogens with zero attached hydrogens (tertiary/aromatic N) is 4. The minimum atomic E-state index is -0.295. The van der Waals surface area contributed by atoms with Gasteiger partial charge in [0.05, 0.1) is 6.20 Å². The maximum atomic E-state index is 14.4. The van der Waals surface area contributed by atoms with Crippen molar-refractivity contribution in [1.82, 2.24) is 19.0 Å². The molecule has 5 rings (SSSR count). The molecular formula is C20H15FN4S2. The van der Waals surface area contributed by atoms with Crippen LogP contribution in [0.4, 0.5) is 4.39 Å². The Labute approximate surface area is 163 Å². The highest BCUT2D eigenvalue weighted by atomic mass is 32.2. The van der Waals surface area contributed by atoms with Crippen molar-refractivity contribution >= 4 is 44.4 Å². The number of hydrogen-bond donors (Lipinski definition) is 0. The second kappa shape index (κ2) is 6.21. The Morgan fingerprint density at radius 3 is 2.70 bits per heavy atom. The van der Waals surface area contributed by atoms with Crippen molar-refractivity contribution in [2.24, 2.45) is 7.05 Å². The quantitative estimate of drug-likeness (QED) is 0.396. The molecule has 4 nitrogen and oxygen atoms in total. The Morgan fingerprint density at radius 1 is 1.07 bits per heavy atom. The van der Waals surface area contributed by atoms with E-state index in [0.717, 1.165) is 30.9 Å². The van der Waals surface area contributed by atoms with Crippen molar-refractivity contribution < 1.29 is 4.39 Å². The fourth-order valence-corrected chi connectivity index (χ4v) is 5.01. The minimum Gasteiger partial charge on any atom is -0.274 e. The van der Waals surface area contributed by atoms with Gasteiger partial charge in [0, 0.05) is 45.7 Å². The van der Waals surface area contributed by atoms with Crippen molar-refractivity contribution in [1.29, 1.82) is 0 Å². The molecular weight excluding hydrogens is 379 g/mol. The van der Waals surface area contributed by atoms with E-state index in [1.165, 1.54) is 5.56 Å². The highest BCUT2D eigenvalue weighted by Crippen LogP contribution is 2.37. The Balaban J connectivity index is 1.55. The maximum Gasteiger partial charge on any atom is 0.151 e. The second-order valence-corrected chi connectivity index (χ2v) is 8.52. The Hall–Kier alpha value is -2.64. The van der Waals surface area contributed by atoms with Crippen molar-refractivity contribution in [3.63, 3.8) is 0 Å². The summed E-state index contributed by atoms with van der Waals surface area (Å²) in [5, 5.41) is 10.5. The van der Waals surface area contributed by atoms with E-state index < -0.39 is 0 Å². The van der Waals surface area contributed by atoms with Crippen LogP contribution in [0.25, 0.3) is 31.6 Å². The van der Waals surface area contributed by atoms with Crippen LogP contribution < -0.4 is 0 Å². The van der Waals surface area contributed by atoms with Crippen molar-refractivity contribution in [2.75, 3.05) is 0 Å². The van der Waals surface area contributed by atoms with Crippen molar-refractivity contribution in [3.05, 3.63) is 66.2 Å². The Morgan fingerprint density at radius 2 is 1.89 bits per heavy atom. The van der Waals surface area contributed by atoms with Crippen LogP contribution in [0.5, 0.6) is 0 Å². The molecule has 2 aromatic carbocycles. The van der Waals surface area contributed by atoms with Gasteiger partial charge in [0.25, 0.3) is 0 Å². The van der Waals surface area contributed by atoms with Crippen LogP contribution in [-0.2, 0) is 7.05 Å². The summed E-state index contributed by atoms with van der Waals surface area (Å²) in [5.41, 5.74) is 2.50. The summed E-state index contributed by atoms with van der Waals surface area (Å²) in [5.74, 6) is -0.295. The highest BCUT2D eigenvalue weighted by molar-refractivity contribution is 7.98. The number of aromatic nitrogens is 4. The van der Waals surface area contributed by atoms with Crippen LogP contribution in [-0.4, -0.2) is 19.0 Å². The summed E-state index contributed by atoms with van der Waals surface area (Å²) in [7, 11) is 1.80. The molecule has 0 unspecified atom stereocenters. The molecule has 0 bridgehead atoms. The number of rotatable bonds is 3. The van der Waals surface area contributed by atoms with Crippen LogP contribution >= 0.6 is 23.3 Å². The summed E-state index contributed by atoms with van der Waals surface area (Å²) in [6, 6.07) is 14.0. The average Bonchev–Trinajstić information content (AvgIpc) is 3.31. The number of thiophene rings is 1. The molecule has 0 saturated carbocycles. The van der Waals surface area contributed by atoms with E-state index in [-0.39, 0.29) is 5.82 Å². The van der Waals surface area contributed by atoms with Crippen molar-refractivity contribution in [3.8, 4) is 10.4 Å². The maximum absolute atomic E-state index is 14.4. The minimum absolute atomic E-state index is 0.295. The molecule has 0 amide bonds. The number of benzene rings is 2. The molecule has 27 heavy (non-hydrogen) atoms. The third-order valence-electron chi connectivity index (χ3n) is 4.39. The molecule has 3 heterocycles. The van der Waals surface area contributed by atoms with Gasteiger partial charge in [-0.15, -0.1) is 11.3 Å². The summed E-state index contributed by atoms with van der Waals surface area (Å²) in [6.07, 6.45) is 3.69. The molecule has 134 valence electrons. The molecule has 0 atom stereocenters. The molecule has 0 aliphatic rings. The fraction of sp³-hybridized carbons (Fsp3) is 0.100. The van der Waals surface area contributed by atoms with Gasteiger partial charge in [0.2, 0.25) is 0 Å². The van der Waals surface area contributed by atoms with E-state index in [1.54, 1.807) is 41.1 Å². The smallest absolute Gasteiger partial charge is 0.151 e. The zero-order chi connectivity index (χ0) is 18.5. The molecule has 0 radical (unpaired) electrons. The predicted octanol–water partition coefficient (Wildman–Crippen LogP) is 5.65. The van der Waals surface area contributed by atoms with Gasteiger partial charge in [0.1, 0.15) is 10.3 Å². The molecule has 3 aromatic heterocycles. The van der Waals surface area contributed by atoms with E-state index >= 15 is 0 Å². The molecule has 0 aliphatic carbocycles. The average molecular weight is 395 g/mol. The van der Waals surface area contributed by atoms with E-state index in [4.69, 9.17) is 0 Å². The first-order valence-electron chi connectivity index (χ1n) is 8.43. The third-order valence-corrected chi connectivity index (χ3v) is 6.61. The predicted molar refractivity (Wildman–Crippen MR) is 110 cm³/mol. The highest BCUT2D eigenvalue weighted by Gasteiger charge is 2.14. The molecule has 0 saturated heterocycles. The van der Waals surface area contributed by atoms with E-state index in [9.17, 15) is 4.39 Å². The summed E-state index contributed by atoms with van der Waals surface area (Å²) in [4.78, 5) is 3.20. The normalized spacial score (nSPS) is 11.7. The first-order chi connectivity index (χ1) is 13.1. The standard InChI is InChI=1S/C20H15FN4S2/c1-12-3-5-16(6-4-12)27-25-20-14(10-22-25)9-18(26-20)13-7-15-11-24(2)23-19(15)17(21)8-13/h3-11H,1-2H3. The second-order valence-electron chi connectivity index (χ2n) is 6.49. The zero-order valence-corrected chi connectivity index (χ0v) is 16.3. The topological polar surface area (TPSA) is 35.6 Å². The molecule has 0 N–H and O–H groups in total. The lowest BCUT2D eigenvalue weighted by atomic mass is 10.1. The fourth-order valence-electron chi connectivity index (χ4n) is 3.07. The van der Waals surface area contributed by atoms with Gasteiger partial charge in [-0.1, -0.05) is 17.7 Å². The summed E-state index contributed by atoms with van der Waals surface area (Å²) < 4.78 is 18.0. The van der Waals surface area contributed by atoms with E-state index in [0.29, 0.717) is 5.52 Å². The summed E-state index contributed by atoms with van der Waals surface area (Å²) >= 11 is 3.19. The number of fused-ring (bicyclic) bond motifs is 2. The number of halogens is 1. The molecule has 7 heteroatoms. The number of aryl methyl sites for hydroxylation is 2. The molecule has 5 aromatic rings. The van der Waals surface area contributed by atoms with Gasteiger partial charge in [-0.25, -0.2) is 4.39 Å². The first kappa shape index (κ1) is 16.5.